The summed E-state index contributed by atoms with van der Waals surface area (Å²) < 4.78 is 10.8. The van der Waals surface area contributed by atoms with Crippen molar-refractivity contribution in [3.8, 4) is 5.75 Å². The Kier molecular flexibility index (Phi) is 6.16. The van der Waals surface area contributed by atoms with Gasteiger partial charge in [0.2, 0.25) is 5.90 Å². The number of hydrogen-bond acceptors (Lipinski definition) is 5. The Morgan fingerprint density at radius 3 is 2.52 bits per heavy atom. The summed E-state index contributed by atoms with van der Waals surface area (Å²) in [6.45, 7) is 0. The smallest absolute Gasteiger partial charge is 0.363 e. The predicted molar refractivity (Wildman–Crippen MR) is 119 cm³/mol. The minimum atomic E-state index is -0.633. The second-order valence-corrected chi connectivity index (χ2v) is 7.48. The third-order valence-corrected chi connectivity index (χ3v) is 4.96. The van der Waals surface area contributed by atoms with Gasteiger partial charge in [0, 0.05) is 10.6 Å². The van der Waals surface area contributed by atoms with E-state index in [1.807, 2.05) is 30.3 Å². The Morgan fingerprint density at radius 2 is 1.74 bits per heavy atom. The van der Waals surface area contributed by atoms with Crippen molar-refractivity contribution >= 4 is 47.1 Å². The third kappa shape index (κ3) is 5.02. The van der Waals surface area contributed by atoms with Crippen LogP contribution in [-0.2, 0) is 20.7 Å². The van der Waals surface area contributed by atoms with Crippen LogP contribution in [-0.4, -0.2) is 17.8 Å². The normalized spacial score (nSPS) is 14.3. The van der Waals surface area contributed by atoms with Gasteiger partial charge in [0.05, 0.1) is 17.0 Å². The van der Waals surface area contributed by atoms with E-state index >= 15 is 0 Å². The number of rotatable bonds is 5. The first-order chi connectivity index (χ1) is 15.0. The van der Waals surface area contributed by atoms with Gasteiger partial charge in [0.25, 0.3) is 0 Å². The maximum atomic E-state index is 12.4. The summed E-state index contributed by atoms with van der Waals surface area (Å²) in [5.41, 5.74) is 1.87. The minimum Gasteiger partial charge on any atom is -0.426 e. The molecule has 1 aliphatic heterocycles. The number of benzene rings is 3. The van der Waals surface area contributed by atoms with Gasteiger partial charge in [0.1, 0.15) is 5.75 Å². The summed E-state index contributed by atoms with van der Waals surface area (Å²) in [6.07, 6.45) is 1.63. The Morgan fingerprint density at radius 1 is 1.00 bits per heavy atom. The minimum absolute atomic E-state index is 0.0626. The lowest BCUT2D eigenvalue weighted by Gasteiger charge is -2.07. The lowest BCUT2D eigenvalue weighted by molar-refractivity contribution is -0.133. The molecule has 154 valence electrons. The fraction of sp³-hybridized carbons (Fsp3) is 0.0417. The molecular weight excluding hydrogens is 437 g/mol. The first-order valence-corrected chi connectivity index (χ1v) is 10.1. The summed E-state index contributed by atoms with van der Waals surface area (Å²) in [4.78, 5) is 28.9. The Hall–Kier alpha value is -3.41. The van der Waals surface area contributed by atoms with Crippen molar-refractivity contribution in [1.29, 1.82) is 0 Å². The van der Waals surface area contributed by atoms with Crippen LogP contribution in [0.5, 0.6) is 5.75 Å². The number of ether oxygens (including phenoxy) is 2. The van der Waals surface area contributed by atoms with Crippen molar-refractivity contribution in [1.82, 2.24) is 0 Å². The summed E-state index contributed by atoms with van der Waals surface area (Å²) in [5, 5.41) is 0.774. The molecule has 0 aromatic heterocycles. The fourth-order valence-electron chi connectivity index (χ4n) is 2.95. The van der Waals surface area contributed by atoms with Crippen LogP contribution in [0, 0.1) is 0 Å². The van der Waals surface area contributed by atoms with Gasteiger partial charge in [0.15, 0.2) is 5.70 Å². The van der Waals surface area contributed by atoms with E-state index < -0.39 is 11.9 Å². The zero-order valence-electron chi connectivity index (χ0n) is 16.0. The molecule has 0 bridgehead atoms. The molecule has 7 heteroatoms. The van der Waals surface area contributed by atoms with E-state index in [0.29, 0.717) is 26.9 Å². The first-order valence-electron chi connectivity index (χ1n) is 9.31. The largest absolute Gasteiger partial charge is 0.426 e. The molecule has 3 aromatic carbocycles. The number of cyclic esters (lactones) is 1. The molecule has 0 spiro atoms. The number of carbonyl (C=O) groups is 2. The molecule has 0 atom stereocenters. The Labute approximate surface area is 188 Å². The van der Waals surface area contributed by atoms with Crippen LogP contribution in [0.2, 0.25) is 10.0 Å². The molecule has 1 heterocycles. The van der Waals surface area contributed by atoms with E-state index in [-0.39, 0.29) is 18.0 Å². The fourth-order valence-corrected chi connectivity index (χ4v) is 3.44. The van der Waals surface area contributed by atoms with Gasteiger partial charge in [-0.15, -0.1) is 0 Å². The second-order valence-electron chi connectivity index (χ2n) is 6.63. The van der Waals surface area contributed by atoms with Crippen molar-refractivity contribution in [3.63, 3.8) is 0 Å². The van der Waals surface area contributed by atoms with E-state index in [4.69, 9.17) is 32.7 Å². The summed E-state index contributed by atoms with van der Waals surface area (Å²) in [5.74, 6) is -0.650. The van der Waals surface area contributed by atoms with Crippen LogP contribution in [0.25, 0.3) is 6.08 Å². The molecule has 0 saturated carbocycles. The van der Waals surface area contributed by atoms with E-state index in [0.717, 1.165) is 5.56 Å². The predicted octanol–water partition coefficient (Wildman–Crippen LogP) is 5.49. The van der Waals surface area contributed by atoms with Crippen LogP contribution in [0.15, 0.2) is 83.5 Å². The third-order valence-electron chi connectivity index (χ3n) is 4.41. The Balaban J connectivity index is 1.58. The van der Waals surface area contributed by atoms with Gasteiger partial charge in [-0.25, -0.2) is 9.79 Å². The highest BCUT2D eigenvalue weighted by Gasteiger charge is 2.26. The standard InChI is InChI=1S/C24H15Cl2NO4/c25-17-10-11-18(19(26)14-17)23-27-20(24(29)31-23)13-16-8-4-5-9-21(16)30-22(28)12-15-6-2-1-3-7-15/h1-11,13-14H,12H2/b20-13+. The number of carbonyl (C=O) groups excluding carboxylic acids is 2. The molecule has 0 aliphatic carbocycles. The highest BCUT2D eigenvalue weighted by molar-refractivity contribution is 6.37. The topological polar surface area (TPSA) is 65.0 Å². The lowest BCUT2D eigenvalue weighted by Crippen LogP contribution is -2.12. The van der Waals surface area contributed by atoms with Crippen LogP contribution in [0.3, 0.4) is 0 Å². The van der Waals surface area contributed by atoms with E-state index in [2.05, 4.69) is 4.99 Å². The average molecular weight is 452 g/mol. The zero-order valence-corrected chi connectivity index (χ0v) is 17.6. The molecule has 31 heavy (non-hydrogen) atoms. The second kappa shape index (κ2) is 9.16. The molecule has 0 radical (unpaired) electrons. The molecule has 0 N–H and O–H groups in total. The zero-order chi connectivity index (χ0) is 21.8. The van der Waals surface area contributed by atoms with Crippen molar-refractivity contribution in [2.75, 3.05) is 0 Å². The van der Waals surface area contributed by atoms with Crippen molar-refractivity contribution in [3.05, 3.63) is 105 Å². The van der Waals surface area contributed by atoms with E-state index in [1.165, 1.54) is 12.1 Å². The van der Waals surface area contributed by atoms with Gasteiger partial charge in [-0.3, -0.25) is 4.79 Å². The molecular formula is C24H15Cl2NO4. The SMILES string of the molecule is O=C(Cc1ccccc1)Oc1ccccc1/C=C1/N=C(c2ccc(Cl)cc2Cl)OC1=O. The van der Waals surface area contributed by atoms with Gasteiger partial charge in [-0.2, -0.15) is 0 Å². The lowest BCUT2D eigenvalue weighted by atomic mass is 10.1. The van der Waals surface area contributed by atoms with Gasteiger partial charge in [-0.1, -0.05) is 71.7 Å². The van der Waals surface area contributed by atoms with Gasteiger partial charge < -0.3 is 9.47 Å². The van der Waals surface area contributed by atoms with Crippen molar-refractivity contribution < 1.29 is 19.1 Å². The van der Waals surface area contributed by atoms with Crippen LogP contribution in [0.1, 0.15) is 16.7 Å². The van der Waals surface area contributed by atoms with Crippen molar-refractivity contribution in [2.45, 2.75) is 6.42 Å². The molecule has 0 saturated heterocycles. The van der Waals surface area contributed by atoms with Crippen molar-refractivity contribution in [2.24, 2.45) is 4.99 Å². The van der Waals surface area contributed by atoms with Crippen LogP contribution >= 0.6 is 23.2 Å². The van der Waals surface area contributed by atoms with Gasteiger partial charge in [-0.05, 0) is 35.9 Å². The van der Waals surface area contributed by atoms with Gasteiger partial charge >= 0.3 is 11.9 Å². The highest BCUT2D eigenvalue weighted by Crippen LogP contribution is 2.28. The first kappa shape index (κ1) is 20.8. The molecule has 3 aromatic rings. The number of para-hydroxylation sites is 1. The summed E-state index contributed by atoms with van der Waals surface area (Å²) in [7, 11) is 0. The monoisotopic (exact) mass is 451 g/mol. The number of aliphatic imine (C=N–C) groups is 1. The highest BCUT2D eigenvalue weighted by atomic mass is 35.5. The molecule has 0 unspecified atom stereocenters. The van der Waals surface area contributed by atoms with E-state index in [9.17, 15) is 9.59 Å². The summed E-state index contributed by atoms with van der Waals surface area (Å²) >= 11 is 12.1. The number of halogens is 2. The average Bonchev–Trinajstić information content (AvgIpc) is 3.10. The number of nitrogens with zero attached hydrogens (tertiary/aromatic N) is 1. The molecule has 0 fully saturated rings. The molecule has 0 amide bonds. The molecule has 1 aliphatic rings. The number of esters is 2. The summed E-state index contributed by atoms with van der Waals surface area (Å²) in [6, 6.07) is 20.9. The van der Waals surface area contributed by atoms with Crippen LogP contribution in [0.4, 0.5) is 0 Å². The maximum Gasteiger partial charge on any atom is 0.363 e. The molecule has 4 rings (SSSR count). The van der Waals surface area contributed by atoms with E-state index in [1.54, 1.807) is 36.4 Å². The number of hydrogen-bond donors (Lipinski definition) is 0. The molecule has 5 nitrogen and oxygen atoms in total. The van der Waals surface area contributed by atoms with Crippen LogP contribution < -0.4 is 4.74 Å². The quantitative estimate of drug-likeness (QED) is 0.292. The Bertz CT molecular complexity index is 1220. The maximum absolute atomic E-state index is 12.4.